The number of esters is 1. The number of nitriles is 1. The Morgan fingerprint density at radius 1 is 1.12 bits per heavy atom. The highest BCUT2D eigenvalue weighted by Gasteiger charge is 2.20. The molecule has 1 heterocycles. The molecule has 0 radical (unpaired) electrons. The molecule has 11 heteroatoms. The van der Waals surface area contributed by atoms with Crippen molar-refractivity contribution in [1.29, 1.82) is 5.26 Å². The molecule has 0 aliphatic heterocycles. The molecule has 162 valence electrons. The van der Waals surface area contributed by atoms with Crippen LogP contribution >= 0.6 is 11.3 Å². The van der Waals surface area contributed by atoms with Crippen molar-refractivity contribution >= 4 is 44.3 Å². The lowest BCUT2D eigenvalue weighted by Crippen LogP contribution is -2.13. The van der Waals surface area contributed by atoms with Gasteiger partial charge < -0.3 is 4.74 Å². The minimum Gasteiger partial charge on any atom is -0.423 e. The number of amides is 1. The van der Waals surface area contributed by atoms with Gasteiger partial charge in [-0.3, -0.25) is 10.1 Å². The Balaban J connectivity index is 1.69. The Morgan fingerprint density at radius 2 is 1.81 bits per heavy atom. The number of benzene rings is 2. The number of sulfone groups is 1. The molecule has 0 saturated heterocycles. The summed E-state index contributed by atoms with van der Waals surface area (Å²) in [7, 11) is -3.54. The maximum atomic E-state index is 12.4. The molecule has 0 atom stereocenters. The summed E-state index contributed by atoms with van der Waals surface area (Å²) in [6, 6.07) is 16.5. The van der Waals surface area contributed by atoms with Gasteiger partial charge in [-0.05, 0) is 35.9 Å². The summed E-state index contributed by atoms with van der Waals surface area (Å²) >= 11 is 0.705. The van der Waals surface area contributed by atoms with E-state index in [-0.39, 0.29) is 20.8 Å². The predicted molar refractivity (Wildman–Crippen MR) is 118 cm³/mol. The van der Waals surface area contributed by atoms with Crippen molar-refractivity contribution in [2.45, 2.75) is 11.3 Å². The average molecular weight is 469 g/mol. The normalized spacial score (nSPS) is 11.4. The molecular formula is C21H16N4O5S2. The van der Waals surface area contributed by atoms with Crippen molar-refractivity contribution in [2.75, 3.05) is 11.1 Å². The van der Waals surface area contributed by atoms with Crippen LogP contribution in [0.25, 0.3) is 6.08 Å². The topological polar surface area (TPSA) is 139 Å². The summed E-state index contributed by atoms with van der Waals surface area (Å²) in [5.74, 6) is -1.11. The lowest BCUT2D eigenvalue weighted by molar-refractivity contribution is -0.112. The van der Waals surface area contributed by atoms with Crippen LogP contribution in [0.15, 0.2) is 64.5 Å². The molecule has 3 rings (SSSR count). The second kappa shape index (κ2) is 9.95. The minimum absolute atomic E-state index is 0.0358. The number of nitrogens with one attached hydrogen (secondary N) is 1. The second-order valence-corrected chi connectivity index (χ2v) is 9.65. The van der Waals surface area contributed by atoms with Crippen LogP contribution < -0.4 is 10.1 Å². The van der Waals surface area contributed by atoms with E-state index in [1.54, 1.807) is 48.5 Å². The lowest BCUT2D eigenvalue weighted by atomic mass is 10.1. The molecule has 3 aromatic rings. The molecule has 1 N–H and O–H groups in total. The van der Waals surface area contributed by atoms with Crippen LogP contribution in [0.5, 0.6) is 5.75 Å². The zero-order valence-corrected chi connectivity index (χ0v) is 18.3. The fourth-order valence-corrected chi connectivity index (χ4v) is 4.34. The van der Waals surface area contributed by atoms with Crippen LogP contribution in [0.1, 0.15) is 22.8 Å². The van der Waals surface area contributed by atoms with E-state index in [0.717, 1.165) is 0 Å². The van der Waals surface area contributed by atoms with E-state index in [2.05, 4.69) is 15.5 Å². The zero-order valence-electron chi connectivity index (χ0n) is 16.7. The molecule has 0 fully saturated rings. The smallest absolute Gasteiger partial charge is 0.343 e. The summed E-state index contributed by atoms with van der Waals surface area (Å²) in [5, 5.41) is 18.9. The van der Waals surface area contributed by atoms with Crippen LogP contribution in [0.2, 0.25) is 0 Å². The first kappa shape index (κ1) is 22.8. The third-order valence-corrected chi connectivity index (χ3v) is 7.07. The molecule has 1 amide bonds. The summed E-state index contributed by atoms with van der Waals surface area (Å²) in [4.78, 5) is 24.5. The molecule has 0 saturated carbocycles. The number of ether oxygens (including phenoxy) is 1. The maximum absolute atomic E-state index is 12.4. The highest BCUT2D eigenvalue weighted by atomic mass is 32.2. The fraction of sp³-hybridized carbons (Fsp3) is 0.0952. The Hall–Kier alpha value is -3.88. The number of aromatic nitrogens is 2. The number of hydrogen-bond acceptors (Lipinski definition) is 9. The molecule has 9 nitrogen and oxygen atoms in total. The second-order valence-electron chi connectivity index (χ2n) is 6.23. The van der Waals surface area contributed by atoms with E-state index in [9.17, 15) is 23.3 Å². The Morgan fingerprint density at radius 3 is 2.44 bits per heavy atom. The van der Waals surface area contributed by atoms with Gasteiger partial charge in [0.25, 0.3) is 5.91 Å². The van der Waals surface area contributed by atoms with E-state index in [1.807, 2.05) is 0 Å². The number of hydrogen-bond donors (Lipinski definition) is 1. The third-order valence-electron chi connectivity index (χ3n) is 4.05. The number of carbonyl (C=O) groups excluding carboxylic acids is 2. The van der Waals surface area contributed by atoms with Crippen LogP contribution in [0.4, 0.5) is 5.13 Å². The molecule has 1 aromatic heterocycles. The van der Waals surface area contributed by atoms with Crippen molar-refractivity contribution in [3.05, 3.63) is 71.3 Å². The molecule has 0 aliphatic carbocycles. The van der Waals surface area contributed by atoms with Crippen LogP contribution in [-0.2, 0) is 14.6 Å². The van der Waals surface area contributed by atoms with E-state index in [4.69, 9.17) is 4.74 Å². The minimum atomic E-state index is -3.54. The summed E-state index contributed by atoms with van der Waals surface area (Å²) in [5.41, 5.74) is 0.698. The number of anilines is 1. The van der Waals surface area contributed by atoms with Gasteiger partial charge in [-0.2, -0.15) is 5.26 Å². The van der Waals surface area contributed by atoms with Crippen molar-refractivity contribution in [2.24, 2.45) is 0 Å². The molecular weight excluding hydrogens is 452 g/mol. The first-order chi connectivity index (χ1) is 15.3. The monoisotopic (exact) mass is 468 g/mol. The molecule has 32 heavy (non-hydrogen) atoms. The number of nitrogens with zero attached hydrogens (tertiary/aromatic N) is 3. The van der Waals surface area contributed by atoms with Crippen molar-refractivity contribution in [3.63, 3.8) is 0 Å². The largest absolute Gasteiger partial charge is 0.423 e. The molecule has 0 bridgehead atoms. The van der Waals surface area contributed by atoms with Crippen LogP contribution in [-0.4, -0.2) is 36.2 Å². The Bertz CT molecular complexity index is 1310. The van der Waals surface area contributed by atoms with Crippen molar-refractivity contribution in [3.8, 4) is 11.8 Å². The van der Waals surface area contributed by atoms with E-state index < -0.39 is 21.7 Å². The highest BCUT2D eigenvalue weighted by molar-refractivity contribution is 7.93. The summed E-state index contributed by atoms with van der Waals surface area (Å²) < 4.78 is 28.7. The van der Waals surface area contributed by atoms with Crippen LogP contribution in [0.3, 0.4) is 0 Å². The predicted octanol–water partition coefficient (Wildman–Crippen LogP) is 3.10. The van der Waals surface area contributed by atoms with Gasteiger partial charge in [0.1, 0.15) is 17.4 Å². The first-order valence-electron chi connectivity index (χ1n) is 9.19. The summed E-state index contributed by atoms with van der Waals surface area (Å²) in [6.45, 7) is 1.47. The van der Waals surface area contributed by atoms with Gasteiger partial charge in [0.05, 0.1) is 11.3 Å². The zero-order chi connectivity index (χ0) is 23.1. The van der Waals surface area contributed by atoms with Crippen molar-refractivity contribution < 1.29 is 22.7 Å². The SMILES string of the molecule is CCS(=O)(=O)c1nnc(NC(=O)/C(C#N)=C\c2ccc(OC(=O)c3ccccc3)cc2)s1. The van der Waals surface area contributed by atoms with E-state index in [1.165, 1.54) is 25.1 Å². The molecule has 0 unspecified atom stereocenters. The van der Waals surface area contributed by atoms with Gasteiger partial charge >= 0.3 is 5.97 Å². The Labute approximate surface area is 187 Å². The van der Waals surface area contributed by atoms with Gasteiger partial charge in [-0.1, -0.05) is 48.6 Å². The van der Waals surface area contributed by atoms with Crippen molar-refractivity contribution in [1.82, 2.24) is 10.2 Å². The summed E-state index contributed by atoms with van der Waals surface area (Å²) in [6.07, 6.45) is 1.34. The van der Waals surface area contributed by atoms with Gasteiger partial charge in [0.15, 0.2) is 0 Å². The Kier molecular flexibility index (Phi) is 7.09. The number of rotatable bonds is 7. The standard InChI is InChI=1S/C21H16N4O5S2/c1-2-32(28,29)21-25-24-20(31-21)23-18(26)16(13-22)12-14-8-10-17(11-9-14)30-19(27)15-6-4-3-5-7-15/h3-12H,2H2,1H3,(H,23,24,26)/b16-12-. The highest BCUT2D eigenvalue weighted by Crippen LogP contribution is 2.22. The lowest BCUT2D eigenvalue weighted by Gasteiger charge is -2.05. The average Bonchev–Trinajstić information content (AvgIpc) is 3.28. The maximum Gasteiger partial charge on any atom is 0.343 e. The molecule has 0 spiro atoms. The quantitative estimate of drug-likeness (QED) is 0.183. The molecule has 2 aromatic carbocycles. The van der Waals surface area contributed by atoms with Crippen LogP contribution in [0, 0.1) is 11.3 Å². The van der Waals surface area contributed by atoms with Gasteiger partial charge in [-0.25, -0.2) is 13.2 Å². The van der Waals surface area contributed by atoms with Gasteiger partial charge in [0, 0.05) is 0 Å². The van der Waals surface area contributed by atoms with E-state index in [0.29, 0.717) is 28.2 Å². The third kappa shape index (κ3) is 5.63. The van der Waals surface area contributed by atoms with Gasteiger partial charge in [-0.15, -0.1) is 10.2 Å². The number of carbonyl (C=O) groups is 2. The first-order valence-corrected chi connectivity index (χ1v) is 11.7. The fourth-order valence-electron chi connectivity index (χ4n) is 2.36. The van der Waals surface area contributed by atoms with Gasteiger partial charge in [0.2, 0.25) is 19.3 Å². The molecule has 0 aliphatic rings. The van der Waals surface area contributed by atoms with E-state index >= 15 is 0 Å².